The van der Waals surface area contributed by atoms with Gasteiger partial charge >= 0.3 is 0 Å². The van der Waals surface area contributed by atoms with E-state index in [9.17, 15) is 0 Å². The summed E-state index contributed by atoms with van der Waals surface area (Å²) in [6.07, 6.45) is 0. The van der Waals surface area contributed by atoms with E-state index in [1.165, 1.54) is 53.6 Å². The first-order chi connectivity index (χ1) is 26.1. The van der Waals surface area contributed by atoms with Crippen molar-refractivity contribution in [2.24, 2.45) is 0 Å². The lowest BCUT2D eigenvalue weighted by atomic mass is 9.73. The molecule has 0 fully saturated rings. The summed E-state index contributed by atoms with van der Waals surface area (Å²) >= 11 is 1.85. The molecule has 1 aliphatic rings. The average molecular weight is 696 g/mol. The van der Waals surface area contributed by atoms with Crippen LogP contribution in [0.3, 0.4) is 0 Å². The van der Waals surface area contributed by atoms with Gasteiger partial charge in [-0.05, 0) is 88.8 Å². The van der Waals surface area contributed by atoms with Crippen molar-refractivity contribution in [1.82, 2.24) is 0 Å². The molecule has 0 saturated carbocycles. The van der Waals surface area contributed by atoms with Crippen molar-refractivity contribution < 1.29 is 4.42 Å². The number of thiophene rings is 1. The van der Waals surface area contributed by atoms with Crippen LogP contribution < -0.4 is 4.90 Å². The minimum absolute atomic E-state index is 0.451. The highest BCUT2D eigenvalue weighted by atomic mass is 32.1. The summed E-state index contributed by atoms with van der Waals surface area (Å²) in [4.78, 5) is 2.43. The standard InChI is InChI=1S/C50H33NOS/c1-50(43-19-9-5-15-37(43)38-16-6-10-20-44(38)50)45-30-36(29-42-39-17-7-11-21-46(39)52-49(42)45)51(34-25-23-33(24-26-34)32-13-3-2-4-14-32)35-27-28-41-40-18-8-12-22-47(40)53-48(41)31-35/h2-31H,1H3. The number of benzene rings is 8. The van der Waals surface area contributed by atoms with Gasteiger partial charge in [-0.2, -0.15) is 0 Å². The molecule has 0 amide bonds. The number of hydrogen-bond donors (Lipinski definition) is 0. The Morgan fingerprint density at radius 2 is 1.04 bits per heavy atom. The van der Waals surface area contributed by atoms with Gasteiger partial charge in [-0.15, -0.1) is 11.3 Å². The molecule has 1 aliphatic carbocycles. The third-order valence-electron chi connectivity index (χ3n) is 11.3. The molecule has 2 nitrogen and oxygen atoms in total. The Morgan fingerprint density at radius 3 is 1.81 bits per heavy atom. The van der Waals surface area contributed by atoms with E-state index in [-0.39, 0.29) is 0 Å². The highest BCUT2D eigenvalue weighted by Crippen LogP contribution is 2.55. The number of nitrogens with zero attached hydrogens (tertiary/aromatic N) is 1. The summed E-state index contributed by atoms with van der Waals surface area (Å²) in [6.45, 7) is 2.38. The highest BCUT2D eigenvalue weighted by Gasteiger charge is 2.43. The maximum atomic E-state index is 6.88. The summed E-state index contributed by atoms with van der Waals surface area (Å²) in [5.41, 5.74) is 13.4. The summed E-state index contributed by atoms with van der Waals surface area (Å²) in [7, 11) is 0. The molecule has 8 aromatic carbocycles. The summed E-state index contributed by atoms with van der Waals surface area (Å²) in [6, 6.07) is 66.2. The fraction of sp³-hybridized carbons (Fsp3) is 0.0400. The SMILES string of the molecule is CC1(c2cc(N(c3ccc(-c4ccccc4)cc3)c3ccc4c(c3)sc3ccccc34)cc3c2oc2ccccc23)c2ccccc2-c2ccccc21. The Kier molecular flexibility index (Phi) is 6.58. The van der Waals surface area contributed by atoms with Gasteiger partial charge in [0, 0.05) is 59.0 Å². The molecule has 0 bridgehead atoms. The number of hydrogen-bond acceptors (Lipinski definition) is 3. The third kappa shape index (κ3) is 4.51. The van der Waals surface area contributed by atoms with Gasteiger partial charge in [-0.3, -0.25) is 0 Å². The molecule has 53 heavy (non-hydrogen) atoms. The van der Waals surface area contributed by atoms with Crippen LogP contribution in [0.5, 0.6) is 0 Å². The Morgan fingerprint density at radius 1 is 0.434 bits per heavy atom. The molecule has 0 saturated heterocycles. The van der Waals surface area contributed by atoms with Crippen LogP contribution in [-0.4, -0.2) is 0 Å². The quantitative estimate of drug-likeness (QED) is 0.178. The molecule has 0 aliphatic heterocycles. The maximum Gasteiger partial charge on any atom is 0.140 e. The largest absolute Gasteiger partial charge is 0.456 e. The van der Waals surface area contributed by atoms with E-state index in [1.807, 2.05) is 11.3 Å². The first-order valence-electron chi connectivity index (χ1n) is 18.2. The molecule has 3 heteroatoms. The van der Waals surface area contributed by atoms with Gasteiger partial charge in [0.15, 0.2) is 0 Å². The van der Waals surface area contributed by atoms with Crippen LogP contribution in [0.1, 0.15) is 23.6 Å². The molecule has 2 heterocycles. The highest BCUT2D eigenvalue weighted by molar-refractivity contribution is 7.25. The maximum absolute atomic E-state index is 6.88. The van der Waals surface area contributed by atoms with E-state index in [0.29, 0.717) is 0 Å². The van der Waals surface area contributed by atoms with Crippen molar-refractivity contribution in [2.75, 3.05) is 4.90 Å². The second kappa shape index (κ2) is 11.5. The second-order valence-corrected chi connectivity index (χ2v) is 15.3. The van der Waals surface area contributed by atoms with E-state index in [1.54, 1.807) is 0 Å². The van der Waals surface area contributed by atoms with E-state index in [4.69, 9.17) is 4.42 Å². The lowest BCUT2D eigenvalue weighted by Crippen LogP contribution is -2.23. The molecule has 10 aromatic rings. The molecular weight excluding hydrogens is 663 g/mol. The van der Waals surface area contributed by atoms with Gasteiger partial charge in [-0.25, -0.2) is 0 Å². The molecule has 0 N–H and O–H groups in total. The Balaban J connectivity index is 1.20. The predicted molar refractivity (Wildman–Crippen MR) is 224 cm³/mol. The zero-order chi connectivity index (χ0) is 35.1. The topological polar surface area (TPSA) is 16.4 Å². The molecule has 250 valence electrons. The normalized spacial score (nSPS) is 13.2. The van der Waals surface area contributed by atoms with Crippen molar-refractivity contribution in [2.45, 2.75) is 12.3 Å². The van der Waals surface area contributed by atoms with Crippen LogP contribution >= 0.6 is 11.3 Å². The lowest BCUT2D eigenvalue weighted by molar-refractivity contribution is 0.638. The zero-order valence-electron chi connectivity index (χ0n) is 29.1. The van der Waals surface area contributed by atoms with Crippen LogP contribution in [0.4, 0.5) is 17.1 Å². The smallest absolute Gasteiger partial charge is 0.140 e. The van der Waals surface area contributed by atoms with Gasteiger partial charge in [0.2, 0.25) is 0 Å². The van der Waals surface area contributed by atoms with E-state index in [2.05, 4.69) is 194 Å². The minimum Gasteiger partial charge on any atom is -0.456 e. The van der Waals surface area contributed by atoms with Crippen LogP contribution in [0, 0.1) is 0 Å². The van der Waals surface area contributed by atoms with Crippen molar-refractivity contribution in [3.8, 4) is 22.3 Å². The van der Waals surface area contributed by atoms with Gasteiger partial charge in [0.05, 0.1) is 0 Å². The van der Waals surface area contributed by atoms with Crippen LogP contribution in [-0.2, 0) is 5.41 Å². The number of fused-ring (bicyclic) bond motifs is 9. The van der Waals surface area contributed by atoms with Crippen LogP contribution in [0.25, 0.3) is 64.4 Å². The average Bonchev–Trinajstić information content (AvgIpc) is 3.87. The fourth-order valence-electron chi connectivity index (χ4n) is 8.79. The number of furan rings is 1. The summed E-state index contributed by atoms with van der Waals surface area (Å²) in [5, 5.41) is 4.83. The minimum atomic E-state index is -0.451. The third-order valence-corrected chi connectivity index (χ3v) is 12.5. The Labute approximate surface area is 311 Å². The summed E-state index contributed by atoms with van der Waals surface area (Å²) < 4.78 is 9.45. The summed E-state index contributed by atoms with van der Waals surface area (Å²) in [5.74, 6) is 0. The predicted octanol–water partition coefficient (Wildman–Crippen LogP) is 14.4. The van der Waals surface area contributed by atoms with Gasteiger partial charge in [0.25, 0.3) is 0 Å². The monoisotopic (exact) mass is 695 g/mol. The van der Waals surface area contributed by atoms with Crippen LogP contribution in [0.2, 0.25) is 0 Å². The molecule has 0 unspecified atom stereocenters. The zero-order valence-corrected chi connectivity index (χ0v) is 29.9. The van der Waals surface area contributed by atoms with Gasteiger partial charge in [-0.1, -0.05) is 133 Å². The molecule has 0 atom stereocenters. The molecule has 2 aromatic heterocycles. The molecule has 0 radical (unpaired) electrons. The lowest BCUT2D eigenvalue weighted by Gasteiger charge is -2.31. The first-order valence-corrected chi connectivity index (χ1v) is 19.0. The molecule has 11 rings (SSSR count). The number of para-hydroxylation sites is 1. The Hall–Kier alpha value is -6.42. The van der Waals surface area contributed by atoms with Gasteiger partial charge in [0.1, 0.15) is 11.2 Å². The van der Waals surface area contributed by atoms with Crippen LogP contribution in [0.15, 0.2) is 186 Å². The first kappa shape index (κ1) is 30.2. The van der Waals surface area contributed by atoms with Crippen molar-refractivity contribution in [3.63, 3.8) is 0 Å². The fourth-order valence-corrected chi connectivity index (χ4v) is 9.93. The second-order valence-electron chi connectivity index (χ2n) is 14.2. The number of anilines is 3. The molecular formula is C50H33NOS. The van der Waals surface area contributed by atoms with E-state index in [0.717, 1.165) is 44.6 Å². The Bertz CT molecular complexity index is 2980. The molecule has 0 spiro atoms. The van der Waals surface area contributed by atoms with Crippen molar-refractivity contribution in [3.05, 3.63) is 199 Å². The van der Waals surface area contributed by atoms with E-state index < -0.39 is 5.41 Å². The van der Waals surface area contributed by atoms with Crippen molar-refractivity contribution >= 4 is 70.5 Å². The van der Waals surface area contributed by atoms with E-state index >= 15 is 0 Å². The number of rotatable bonds is 5. The van der Waals surface area contributed by atoms with Gasteiger partial charge < -0.3 is 9.32 Å². The van der Waals surface area contributed by atoms with Crippen molar-refractivity contribution in [1.29, 1.82) is 0 Å².